The second kappa shape index (κ2) is 11.2. The lowest BCUT2D eigenvalue weighted by molar-refractivity contribution is -0.136. The van der Waals surface area contributed by atoms with Gasteiger partial charge in [-0.1, -0.05) is 13.8 Å². The molecule has 0 spiro atoms. The molecule has 0 aliphatic rings. The Morgan fingerprint density at radius 3 is 2.54 bits per heavy atom. The van der Waals surface area contributed by atoms with Crippen molar-refractivity contribution in [3.63, 3.8) is 0 Å². The monoisotopic (exact) mass is 503 g/mol. The minimum absolute atomic E-state index is 0.0646. The number of nitrogens with zero attached hydrogens (tertiary/aromatic N) is 2. The predicted octanol–water partition coefficient (Wildman–Crippen LogP) is 3.53. The zero-order chi connectivity index (χ0) is 25.6. The Bertz CT molecular complexity index is 1310. The molecule has 3 aromatic rings. The lowest BCUT2D eigenvalue weighted by Crippen LogP contribution is -2.15. The van der Waals surface area contributed by atoms with Crippen molar-refractivity contribution in [3.05, 3.63) is 65.7 Å². The van der Waals surface area contributed by atoms with Crippen molar-refractivity contribution < 1.29 is 32.2 Å². The van der Waals surface area contributed by atoms with Gasteiger partial charge in [0.1, 0.15) is 10.7 Å². The topological polar surface area (TPSA) is 142 Å². The lowest BCUT2D eigenvalue weighted by Gasteiger charge is -2.17. The number of pyridine rings is 2. The van der Waals surface area contributed by atoms with Crippen molar-refractivity contribution in [3.8, 4) is 22.9 Å². The first kappa shape index (κ1) is 26.0. The molecule has 3 rings (SSSR count). The number of rotatable bonds is 11. The van der Waals surface area contributed by atoms with Crippen molar-refractivity contribution in [2.45, 2.75) is 37.5 Å². The van der Waals surface area contributed by atoms with Crippen molar-refractivity contribution in [2.75, 3.05) is 13.2 Å². The van der Waals surface area contributed by atoms with Crippen LogP contribution >= 0.6 is 0 Å². The molecule has 0 aliphatic carbocycles. The van der Waals surface area contributed by atoms with Crippen molar-refractivity contribution in [2.24, 2.45) is 5.14 Å². The van der Waals surface area contributed by atoms with Gasteiger partial charge in [0.25, 0.3) is 0 Å². The van der Waals surface area contributed by atoms with E-state index in [1.54, 1.807) is 12.1 Å². The van der Waals surface area contributed by atoms with E-state index in [1.165, 1.54) is 36.7 Å². The summed E-state index contributed by atoms with van der Waals surface area (Å²) in [7, 11) is -3.97. The molecular weight excluding hydrogens is 477 g/mol. The van der Waals surface area contributed by atoms with E-state index in [9.17, 15) is 22.7 Å². The highest BCUT2D eigenvalue weighted by atomic mass is 32.2. The number of sulfonamides is 1. The minimum Gasteiger partial charge on any atom is -0.481 e. The quantitative estimate of drug-likeness (QED) is 0.379. The summed E-state index contributed by atoms with van der Waals surface area (Å²) in [6, 6.07) is 8.71. The minimum atomic E-state index is -3.97. The molecule has 1 aromatic carbocycles. The third-order valence-electron chi connectivity index (χ3n) is 5.07. The van der Waals surface area contributed by atoms with E-state index in [0.29, 0.717) is 28.7 Å². The lowest BCUT2D eigenvalue weighted by atomic mass is 9.88. The molecule has 0 saturated carbocycles. The van der Waals surface area contributed by atoms with Crippen LogP contribution in [0, 0.1) is 5.82 Å². The second-order valence-electron chi connectivity index (χ2n) is 8.03. The molecule has 186 valence electrons. The van der Waals surface area contributed by atoms with Crippen LogP contribution in [0.4, 0.5) is 4.39 Å². The predicted molar refractivity (Wildman–Crippen MR) is 126 cm³/mol. The van der Waals surface area contributed by atoms with Gasteiger partial charge in [0.2, 0.25) is 21.8 Å². The molecule has 3 N–H and O–H groups in total. The first-order valence-electron chi connectivity index (χ1n) is 10.8. The van der Waals surface area contributed by atoms with E-state index in [0.717, 1.165) is 0 Å². The van der Waals surface area contributed by atoms with E-state index in [-0.39, 0.29) is 42.2 Å². The van der Waals surface area contributed by atoms with Crippen LogP contribution in [0.5, 0.6) is 11.8 Å². The number of aromatic nitrogens is 2. The van der Waals surface area contributed by atoms with Crippen molar-refractivity contribution in [1.82, 2.24) is 9.97 Å². The summed E-state index contributed by atoms with van der Waals surface area (Å²) in [6.45, 7) is 4.06. The highest BCUT2D eigenvalue weighted by molar-refractivity contribution is 7.89. The molecule has 2 heterocycles. The maximum absolute atomic E-state index is 14.4. The van der Waals surface area contributed by atoms with E-state index in [4.69, 9.17) is 14.6 Å². The number of hydrogen-bond donors (Lipinski definition) is 2. The summed E-state index contributed by atoms with van der Waals surface area (Å²) in [5.41, 5.74) is 2.22. The van der Waals surface area contributed by atoms with Crippen LogP contribution in [0.1, 0.15) is 37.3 Å². The molecule has 35 heavy (non-hydrogen) atoms. The molecule has 0 unspecified atom stereocenters. The molecule has 0 atom stereocenters. The molecule has 0 aliphatic heterocycles. The number of nitrogens with two attached hydrogens (primary N) is 1. The van der Waals surface area contributed by atoms with Crippen LogP contribution < -0.4 is 14.6 Å². The Labute approximate surface area is 202 Å². The fraction of sp³-hybridized carbons (Fsp3) is 0.292. The molecule has 0 radical (unpaired) electrons. The number of hydrogen-bond acceptors (Lipinski definition) is 7. The van der Waals surface area contributed by atoms with E-state index in [2.05, 4.69) is 9.97 Å². The van der Waals surface area contributed by atoms with Crippen LogP contribution in [0.25, 0.3) is 11.1 Å². The summed E-state index contributed by atoms with van der Waals surface area (Å²) in [5, 5.41) is 14.6. The maximum Gasteiger partial charge on any atom is 0.307 e. The number of ether oxygens (including phenoxy) is 2. The van der Waals surface area contributed by atoms with Crippen molar-refractivity contribution >= 4 is 16.0 Å². The summed E-state index contributed by atoms with van der Waals surface area (Å²) < 4.78 is 48.7. The van der Waals surface area contributed by atoms with Gasteiger partial charge in [-0.15, -0.1) is 0 Å². The maximum atomic E-state index is 14.4. The zero-order valence-corrected chi connectivity index (χ0v) is 20.1. The van der Waals surface area contributed by atoms with E-state index >= 15 is 0 Å². The van der Waals surface area contributed by atoms with Gasteiger partial charge in [-0.25, -0.2) is 27.9 Å². The Morgan fingerprint density at radius 1 is 1.11 bits per heavy atom. The second-order valence-corrected chi connectivity index (χ2v) is 9.56. The summed E-state index contributed by atoms with van der Waals surface area (Å²) in [6.07, 6.45) is 3.03. The van der Waals surface area contributed by atoms with Gasteiger partial charge < -0.3 is 14.6 Å². The van der Waals surface area contributed by atoms with Crippen LogP contribution in [-0.2, 0) is 21.2 Å². The molecule has 0 saturated heterocycles. The molecule has 9 nitrogen and oxygen atoms in total. The largest absolute Gasteiger partial charge is 0.481 e. The van der Waals surface area contributed by atoms with Gasteiger partial charge in [-0.2, -0.15) is 0 Å². The van der Waals surface area contributed by atoms with Gasteiger partial charge in [0.15, 0.2) is 0 Å². The molecule has 11 heteroatoms. The number of halogens is 1. The highest BCUT2D eigenvalue weighted by Gasteiger charge is 2.18. The molecule has 0 amide bonds. The first-order valence-corrected chi connectivity index (χ1v) is 12.3. The number of aliphatic carboxylic acids is 1. The number of carbonyl (C=O) groups is 1. The highest BCUT2D eigenvalue weighted by Crippen LogP contribution is 2.33. The third kappa shape index (κ3) is 6.96. The Hall–Kier alpha value is -3.57. The molecule has 0 bridgehead atoms. The van der Waals surface area contributed by atoms with Crippen LogP contribution in [0.2, 0.25) is 0 Å². The number of primary sulfonamides is 1. The zero-order valence-electron chi connectivity index (χ0n) is 19.3. The third-order valence-corrected chi connectivity index (χ3v) is 5.99. The van der Waals surface area contributed by atoms with Gasteiger partial charge in [-0.3, -0.25) is 4.79 Å². The Morgan fingerprint density at radius 2 is 1.86 bits per heavy atom. The Balaban J connectivity index is 1.71. The van der Waals surface area contributed by atoms with E-state index < -0.39 is 21.8 Å². The molecular formula is C24H26FN3O6S. The summed E-state index contributed by atoms with van der Waals surface area (Å²) in [5.74, 6) is -1.35. The van der Waals surface area contributed by atoms with Gasteiger partial charge >= 0.3 is 5.97 Å². The Kier molecular flexibility index (Phi) is 8.36. The van der Waals surface area contributed by atoms with Crippen LogP contribution in [0.15, 0.2) is 53.7 Å². The fourth-order valence-corrected chi connectivity index (χ4v) is 4.16. The van der Waals surface area contributed by atoms with Gasteiger partial charge in [-0.05, 0) is 58.5 Å². The average Bonchev–Trinajstić information content (AvgIpc) is 2.79. The van der Waals surface area contributed by atoms with Crippen molar-refractivity contribution in [1.29, 1.82) is 0 Å². The normalized spacial score (nSPS) is 11.5. The van der Waals surface area contributed by atoms with E-state index in [1.807, 2.05) is 13.8 Å². The van der Waals surface area contributed by atoms with Crippen LogP contribution in [-0.4, -0.2) is 42.7 Å². The first-order chi connectivity index (χ1) is 16.6. The number of carboxylic acid groups (broad SMARTS) is 1. The number of carboxylic acids is 1. The SMILES string of the molecule is CC(C)c1cc(F)cc(-c2ccnc(OCCCOc3ncccc3S(N)(=O)=O)c2)c1CC(=O)O. The molecule has 0 fully saturated rings. The summed E-state index contributed by atoms with van der Waals surface area (Å²) >= 11 is 0. The summed E-state index contributed by atoms with van der Waals surface area (Å²) in [4.78, 5) is 19.3. The average molecular weight is 504 g/mol. The smallest absolute Gasteiger partial charge is 0.307 e. The van der Waals surface area contributed by atoms with Crippen LogP contribution in [0.3, 0.4) is 0 Å². The van der Waals surface area contributed by atoms with Gasteiger partial charge in [0.05, 0.1) is 19.6 Å². The fourth-order valence-electron chi connectivity index (χ4n) is 3.54. The molecule has 2 aromatic heterocycles. The standard InChI is InChI=1S/C24H26FN3O6S/c1-15(2)18-12-17(25)13-19(20(18)14-23(29)30)16-6-8-27-22(11-16)33-9-4-10-34-24-21(35(26,31)32)5-3-7-28-24/h3,5-8,11-13,15H,4,9-10,14H2,1-2H3,(H,29,30)(H2,26,31,32). The van der Waals surface area contributed by atoms with Gasteiger partial charge in [0, 0.05) is 24.9 Å². The number of benzene rings is 1.